The lowest BCUT2D eigenvalue weighted by atomic mass is 10.00. The molecule has 0 fully saturated rings. The van der Waals surface area contributed by atoms with E-state index in [1.165, 1.54) is 0 Å². The number of benzene rings is 1. The standard InChI is InChI=1S/C18H28ClNO2/c1-4-7-14-22-15-13-20(16-11-9-8-10-12-16)17(21)18(19,5-2)6-3/h8-12H,4-7,13-15H2,1-3H3. The first-order valence-electron chi connectivity index (χ1n) is 8.22. The normalized spacial score (nSPS) is 11.5. The predicted octanol–water partition coefficient (Wildman–Crippen LogP) is 4.63. The number of hydrogen-bond donors (Lipinski definition) is 0. The van der Waals surface area contributed by atoms with Gasteiger partial charge in [-0.3, -0.25) is 4.79 Å². The van der Waals surface area contributed by atoms with Gasteiger partial charge in [-0.25, -0.2) is 0 Å². The number of alkyl halides is 1. The van der Waals surface area contributed by atoms with E-state index in [0.29, 0.717) is 26.0 Å². The number of carbonyl (C=O) groups excluding carboxylic acids is 1. The molecule has 0 spiro atoms. The van der Waals surface area contributed by atoms with E-state index in [9.17, 15) is 4.79 Å². The average Bonchev–Trinajstić information content (AvgIpc) is 2.57. The van der Waals surface area contributed by atoms with Gasteiger partial charge in [0.2, 0.25) is 5.91 Å². The molecule has 0 saturated carbocycles. The largest absolute Gasteiger partial charge is 0.380 e. The lowest BCUT2D eigenvalue weighted by Crippen LogP contribution is -2.46. The van der Waals surface area contributed by atoms with Gasteiger partial charge >= 0.3 is 0 Å². The summed E-state index contributed by atoms with van der Waals surface area (Å²) >= 11 is 6.53. The molecule has 1 amide bonds. The molecule has 124 valence electrons. The fourth-order valence-corrected chi connectivity index (χ4v) is 2.36. The van der Waals surface area contributed by atoms with Crippen molar-refractivity contribution in [2.45, 2.75) is 51.3 Å². The van der Waals surface area contributed by atoms with Crippen molar-refractivity contribution in [3.8, 4) is 0 Å². The Kier molecular flexibility index (Phi) is 8.51. The minimum absolute atomic E-state index is 0.0375. The highest BCUT2D eigenvalue weighted by Crippen LogP contribution is 2.29. The van der Waals surface area contributed by atoms with Crippen LogP contribution in [0.1, 0.15) is 46.5 Å². The molecule has 1 rings (SSSR count). The van der Waals surface area contributed by atoms with Crippen LogP contribution in [0.25, 0.3) is 0 Å². The molecule has 1 aromatic carbocycles. The van der Waals surface area contributed by atoms with Crippen molar-refractivity contribution < 1.29 is 9.53 Å². The molecule has 4 heteroatoms. The zero-order valence-electron chi connectivity index (χ0n) is 14.0. The molecule has 0 unspecified atom stereocenters. The van der Waals surface area contributed by atoms with Gasteiger partial charge in [-0.15, -0.1) is 11.6 Å². The first kappa shape index (κ1) is 19.0. The maximum absolute atomic E-state index is 12.9. The first-order chi connectivity index (χ1) is 10.6. The van der Waals surface area contributed by atoms with Gasteiger partial charge in [0.05, 0.1) is 6.61 Å². The quantitative estimate of drug-likeness (QED) is 0.463. The van der Waals surface area contributed by atoms with Crippen molar-refractivity contribution in [2.75, 3.05) is 24.7 Å². The molecule has 1 aromatic rings. The van der Waals surface area contributed by atoms with Gasteiger partial charge in [-0.1, -0.05) is 45.4 Å². The van der Waals surface area contributed by atoms with Gasteiger partial charge in [0, 0.05) is 18.8 Å². The molecule has 3 nitrogen and oxygen atoms in total. The predicted molar refractivity (Wildman–Crippen MR) is 93.7 cm³/mol. The highest BCUT2D eigenvalue weighted by molar-refractivity contribution is 6.36. The van der Waals surface area contributed by atoms with Crippen molar-refractivity contribution in [3.05, 3.63) is 30.3 Å². The molecule has 0 aliphatic carbocycles. The van der Waals surface area contributed by atoms with Crippen molar-refractivity contribution in [2.24, 2.45) is 0 Å². The Balaban J connectivity index is 2.81. The number of hydrogen-bond acceptors (Lipinski definition) is 2. The van der Waals surface area contributed by atoms with Crippen LogP contribution in [0.5, 0.6) is 0 Å². The second-order valence-electron chi connectivity index (χ2n) is 5.43. The highest BCUT2D eigenvalue weighted by Gasteiger charge is 2.36. The molecule has 0 saturated heterocycles. The maximum atomic E-state index is 12.9. The van der Waals surface area contributed by atoms with Crippen LogP contribution in [0.2, 0.25) is 0 Å². The second kappa shape index (κ2) is 9.86. The van der Waals surface area contributed by atoms with Gasteiger partial charge in [0.15, 0.2) is 0 Å². The number of anilines is 1. The van der Waals surface area contributed by atoms with Crippen LogP contribution >= 0.6 is 11.6 Å². The van der Waals surface area contributed by atoms with Gasteiger partial charge in [0.1, 0.15) is 4.87 Å². The van der Waals surface area contributed by atoms with E-state index in [0.717, 1.165) is 25.1 Å². The van der Waals surface area contributed by atoms with Crippen LogP contribution in [0.3, 0.4) is 0 Å². The number of amides is 1. The third-order valence-corrected chi connectivity index (χ3v) is 4.61. The number of nitrogens with zero attached hydrogens (tertiary/aromatic N) is 1. The monoisotopic (exact) mass is 325 g/mol. The number of halogens is 1. The molecule has 22 heavy (non-hydrogen) atoms. The Bertz CT molecular complexity index is 432. The minimum atomic E-state index is -0.834. The summed E-state index contributed by atoms with van der Waals surface area (Å²) in [5.41, 5.74) is 0.874. The highest BCUT2D eigenvalue weighted by atomic mass is 35.5. The Morgan fingerprint density at radius 1 is 1.14 bits per heavy atom. The molecule has 0 N–H and O–H groups in total. The zero-order chi connectivity index (χ0) is 16.4. The van der Waals surface area contributed by atoms with Crippen molar-refractivity contribution in [1.82, 2.24) is 0 Å². The summed E-state index contributed by atoms with van der Waals surface area (Å²) in [5.74, 6) is -0.0375. The van der Waals surface area contributed by atoms with Gasteiger partial charge in [0.25, 0.3) is 0 Å². The summed E-state index contributed by atoms with van der Waals surface area (Å²) in [6.45, 7) is 7.83. The zero-order valence-corrected chi connectivity index (χ0v) is 14.7. The maximum Gasteiger partial charge on any atom is 0.248 e. The van der Waals surface area contributed by atoms with E-state index >= 15 is 0 Å². The fourth-order valence-electron chi connectivity index (χ4n) is 2.25. The van der Waals surface area contributed by atoms with Crippen LogP contribution in [-0.2, 0) is 9.53 Å². The van der Waals surface area contributed by atoms with Crippen LogP contribution in [-0.4, -0.2) is 30.5 Å². The number of rotatable bonds is 10. The van der Waals surface area contributed by atoms with E-state index in [1.807, 2.05) is 44.2 Å². The van der Waals surface area contributed by atoms with Gasteiger partial charge < -0.3 is 9.64 Å². The smallest absolute Gasteiger partial charge is 0.248 e. The Morgan fingerprint density at radius 3 is 2.32 bits per heavy atom. The number of unbranched alkanes of at least 4 members (excludes halogenated alkanes) is 1. The SMILES string of the molecule is CCCCOCCN(C(=O)C(Cl)(CC)CC)c1ccccc1. The number of carbonyl (C=O) groups is 1. The molecule has 0 aliphatic rings. The van der Waals surface area contributed by atoms with Crippen LogP contribution < -0.4 is 4.90 Å². The van der Waals surface area contributed by atoms with Gasteiger partial charge in [-0.2, -0.15) is 0 Å². The molecular weight excluding hydrogens is 298 g/mol. The summed E-state index contributed by atoms with van der Waals surface area (Å²) in [6.07, 6.45) is 3.38. The lowest BCUT2D eigenvalue weighted by molar-refractivity contribution is -0.121. The molecule has 0 atom stereocenters. The molecular formula is C18H28ClNO2. The van der Waals surface area contributed by atoms with E-state index in [-0.39, 0.29) is 5.91 Å². The topological polar surface area (TPSA) is 29.5 Å². The van der Waals surface area contributed by atoms with Crippen molar-refractivity contribution >= 4 is 23.2 Å². The number of ether oxygens (including phenoxy) is 1. The number of para-hydroxylation sites is 1. The third kappa shape index (κ3) is 5.29. The molecule has 0 radical (unpaired) electrons. The minimum Gasteiger partial charge on any atom is -0.380 e. The summed E-state index contributed by atoms with van der Waals surface area (Å²) in [7, 11) is 0. The van der Waals surface area contributed by atoms with Crippen LogP contribution in [0, 0.1) is 0 Å². The summed E-state index contributed by atoms with van der Waals surface area (Å²) in [5, 5.41) is 0. The van der Waals surface area contributed by atoms with E-state index in [1.54, 1.807) is 4.90 Å². The molecule has 0 bridgehead atoms. The van der Waals surface area contributed by atoms with E-state index < -0.39 is 4.87 Å². The first-order valence-corrected chi connectivity index (χ1v) is 8.60. The summed E-state index contributed by atoms with van der Waals surface area (Å²) in [4.78, 5) is 13.8. The summed E-state index contributed by atoms with van der Waals surface area (Å²) < 4.78 is 5.62. The van der Waals surface area contributed by atoms with E-state index in [2.05, 4.69) is 6.92 Å². The molecule has 0 aromatic heterocycles. The summed E-state index contributed by atoms with van der Waals surface area (Å²) in [6, 6.07) is 9.68. The van der Waals surface area contributed by atoms with Crippen molar-refractivity contribution in [1.29, 1.82) is 0 Å². The second-order valence-corrected chi connectivity index (χ2v) is 6.15. The fraction of sp³-hybridized carbons (Fsp3) is 0.611. The van der Waals surface area contributed by atoms with Crippen LogP contribution in [0.4, 0.5) is 5.69 Å². The van der Waals surface area contributed by atoms with Gasteiger partial charge in [-0.05, 0) is 31.4 Å². The Morgan fingerprint density at radius 2 is 1.77 bits per heavy atom. The molecule has 0 heterocycles. The van der Waals surface area contributed by atoms with E-state index in [4.69, 9.17) is 16.3 Å². The molecule has 0 aliphatic heterocycles. The lowest BCUT2D eigenvalue weighted by Gasteiger charge is -2.31. The van der Waals surface area contributed by atoms with Crippen molar-refractivity contribution in [3.63, 3.8) is 0 Å². The average molecular weight is 326 g/mol. The third-order valence-electron chi connectivity index (χ3n) is 3.92. The Labute approximate surface area is 139 Å². The Hall–Kier alpha value is -1.06. The van der Waals surface area contributed by atoms with Crippen LogP contribution in [0.15, 0.2) is 30.3 Å².